The number of rotatable bonds is 1. The first-order valence-electron chi connectivity index (χ1n) is 4.13. The Morgan fingerprint density at radius 2 is 2.62 bits per heavy atom. The third-order valence-electron chi connectivity index (χ3n) is 2.12. The van der Waals surface area contributed by atoms with E-state index < -0.39 is 0 Å². The third kappa shape index (κ3) is 1.84. The highest BCUT2D eigenvalue weighted by atomic mass is 35.5. The molecule has 5 heteroatoms. The summed E-state index contributed by atoms with van der Waals surface area (Å²) in [7, 11) is 1.81. The molecule has 2 rings (SSSR count). The Morgan fingerprint density at radius 1 is 1.77 bits per heavy atom. The number of nitrogens with zero attached hydrogens (tertiary/aromatic N) is 2. The van der Waals surface area contributed by atoms with E-state index in [4.69, 9.17) is 11.6 Å². The fraction of sp³-hybridized carbons (Fsp3) is 0.500. The average molecular weight is 216 g/mol. The number of aromatic nitrogens is 1. The Labute approximate surface area is 85.9 Å². The summed E-state index contributed by atoms with van der Waals surface area (Å²) in [6.07, 6.45) is 3.95. The second-order valence-corrected chi connectivity index (χ2v) is 4.57. The van der Waals surface area contributed by atoms with Gasteiger partial charge < -0.3 is 5.32 Å². The summed E-state index contributed by atoms with van der Waals surface area (Å²) in [5.41, 5.74) is 0. The second kappa shape index (κ2) is 3.64. The molecule has 0 bridgehead atoms. The van der Waals surface area contributed by atoms with Crippen molar-refractivity contribution in [1.82, 2.24) is 10.3 Å². The lowest BCUT2D eigenvalue weighted by molar-refractivity contribution is 0.685. The minimum absolute atomic E-state index is 0.365. The van der Waals surface area contributed by atoms with Crippen molar-refractivity contribution in [1.29, 1.82) is 0 Å². The van der Waals surface area contributed by atoms with Crippen molar-refractivity contribution in [2.75, 3.05) is 7.05 Å². The van der Waals surface area contributed by atoms with Gasteiger partial charge in [0, 0.05) is 24.5 Å². The maximum Gasteiger partial charge on any atom is 0.183 e. The molecule has 1 saturated heterocycles. The first-order chi connectivity index (χ1) is 6.29. The van der Waals surface area contributed by atoms with Crippen molar-refractivity contribution in [2.24, 2.45) is 4.99 Å². The van der Waals surface area contributed by atoms with Crippen LogP contribution in [0.2, 0.25) is 4.47 Å². The molecular formula is C8H10ClN3S. The van der Waals surface area contributed by atoms with Crippen LogP contribution in [0.25, 0.3) is 0 Å². The Balaban J connectivity index is 2.12. The van der Waals surface area contributed by atoms with Crippen molar-refractivity contribution >= 4 is 28.8 Å². The van der Waals surface area contributed by atoms with Gasteiger partial charge in [-0.15, -0.1) is 11.3 Å². The number of halogens is 1. The summed E-state index contributed by atoms with van der Waals surface area (Å²) in [4.78, 5) is 9.34. The Kier molecular flexibility index (Phi) is 2.51. The van der Waals surface area contributed by atoms with Gasteiger partial charge in [0.2, 0.25) is 0 Å². The Bertz CT molecular complexity index is 334. The van der Waals surface area contributed by atoms with Gasteiger partial charge >= 0.3 is 0 Å². The quantitative estimate of drug-likeness (QED) is 0.780. The predicted molar refractivity (Wildman–Crippen MR) is 55.6 cm³/mol. The molecule has 1 aliphatic heterocycles. The normalized spacial score (nSPS) is 25.1. The van der Waals surface area contributed by atoms with Crippen LogP contribution in [0.15, 0.2) is 11.2 Å². The van der Waals surface area contributed by atoms with E-state index in [9.17, 15) is 0 Å². The molecule has 1 fully saturated rings. The second-order valence-electron chi connectivity index (χ2n) is 2.92. The SMILES string of the molecule is CN=C1CCC(c2cnc(Cl)s2)N1. The van der Waals surface area contributed by atoms with Crippen LogP contribution in [-0.4, -0.2) is 17.9 Å². The zero-order valence-electron chi connectivity index (χ0n) is 7.25. The molecule has 13 heavy (non-hydrogen) atoms. The van der Waals surface area contributed by atoms with Crippen molar-refractivity contribution in [3.63, 3.8) is 0 Å². The van der Waals surface area contributed by atoms with Gasteiger partial charge in [0.15, 0.2) is 4.47 Å². The van der Waals surface area contributed by atoms with Crippen molar-refractivity contribution in [2.45, 2.75) is 18.9 Å². The van der Waals surface area contributed by atoms with Crippen LogP contribution in [-0.2, 0) is 0 Å². The summed E-state index contributed by atoms with van der Waals surface area (Å²) in [5.74, 6) is 1.08. The fourth-order valence-electron chi connectivity index (χ4n) is 1.44. The predicted octanol–water partition coefficient (Wildman–Crippen LogP) is 2.25. The van der Waals surface area contributed by atoms with Gasteiger partial charge in [0.25, 0.3) is 0 Å². The van der Waals surface area contributed by atoms with Crippen LogP contribution in [0.5, 0.6) is 0 Å². The molecule has 2 heterocycles. The van der Waals surface area contributed by atoms with E-state index in [0.717, 1.165) is 18.7 Å². The first kappa shape index (κ1) is 8.97. The molecule has 1 aromatic heterocycles. The summed E-state index contributed by atoms with van der Waals surface area (Å²) in [5, 5.41) is 3.33. The minimum Gasteiger partial charge on any atom is -0.366 e. The molecule has 1 N–H and O–H groups in total. The Hall–Kier alpha value is -0.610. The first-order valence-corrected chi connectivity index (χ1v) is 5.32. The van der Waals surface area contributed by atoms with E-state index in [2.05, 4.69) is 15.3 Å². The van der Waals surface area contributed by atoms with E-state index >= 15 is 0 Å². The largest absolute Gasteiger partial charge is 0.366 e. The molecule has 1 unspecified atom stereocenters. The van der Waals surface area contributed by atoms with Crippen LogP contribution in [0.4, 0.5) is 0 Å². The van der Waals surface area contributed by atoms with Gasteiger partial charge in [-0.05, 0) is 6.42 Å². The molecule has 0 spiro atoms. The zero-order valence-corrected chi connectivity index (χ0v) is 8.82. The van der Waals surface area contributed by atoms with Crippen LogP contribution >= 0.6 is 22.9 Å². The van der Waals surface area contributed by atoms with Crippen molar-refractivity contribution in [3.05, 3.63) is 15.5 Å². The molecule has 0 aromatic carbocycles. The summed E-state index contributed by atoms with van der Waals surface area (Å²) < 4.78 is 0.610. The molecule has 1 aromatic rings. The molecule has 0 aliphatic carbocycles. The molecule has 3 nitrogen and oxygen atoms in total. The third-order valence-corrected chi connectivity index (χ3v) is 3.35. The Morgan fingerprint density at radius 3 is 3.15 bits per heavy atom. The van der Waals surface area contributed by atoms with E-state index in [1.54, 1.807) is 0 Å². The number of thiazole rings is 1. The van der Waals surface area contributed by atoms with Gasteiger partial charge in [-0.2, -0.15) is 0 Å². The summed E-state index contributed by atoms with van der Waals surface area (Å²) >= 11 is 7.29. The molecule has 0 amide bonds. The maximum absolute atomic E-state index is 5.76. The van der Waals surface area contributed by atoms with Gasteiger partial charge in [0.05, 0.1) is 11.9 Å². The van der Waals surface area contributed by atoms with Crippen molar-refractivity contribution < 1.29 is 0 Å². The smallest absolute Gasteiger partial charge is 0.183 e. The van der Waals surface area contributed by atoms with Crippen LogP contribution < -0.4 is 5.32 Å². The lowest BCUT2D eigenvalue weighted by atomic mass is 10.2. The molecular weight excluding hydrogens is 206 g/mol. The summed E-state index contributed by atoms with van der Waals surface area (Å²) in [6.45, 7) is 0. The lowest BCUT2D eigenvalue weighted by Crippen LogP contribution is -2.17. The molecule has 1 atom stereocenters. The molecule has 1 aliphatic rings. The number of nitrogens with one attached hydrogen (secondary N) is 1. The standard InChI is InChI=1S/C8H10ClN3S/c1-10-7-3-2-5(12-7)6-4-11-8(9)13-6/h4-5H,2-3H2,1H3,(H,10,12). The monoisotopic (exact) mass is 215 g/mol. The van der Waals surface area contributed by atoms with Gasteiger partial charge in [-0.3, -0.25) is 4.99 Å². The lowest BCUT2D eigenvalue weighted by Gasteiger charge is -2.06. The van der Waals surface area contributed by atoms with Crippen LogP contribution in [0.3, 0.4) is 0 Å². The summed E-state index contributed by atoms with van der Waals surface area (Å²) in [6, 6.07) is 0.365. The highest BCUT2D eigenvalue weighted by Crippen LogP contribution is 2.30. The number of hydrogen-bond donors (Lipinski definition) is 1. The van der Waals surface area contributed by atoms with Gasteiger partial charge in [-0.25, -0.2) is 4.98 Å². The number of aliphatic imine (C=N–C) groups is 1. The van der Waals surface area contributed by atoms with Crippen LogP contribution in [0, 0.1) is 0 Å². The minimum atomic E-state index is 0.365. The van der Waals surface area contributed by atoms with E-state index in [1.165, 1.54) is 16.2 Å². The van der Waals surface area contributed by atoms with E-state index in [-0.39, 0.29) is 0 Å². The van der Waals surface area contributed by atoms with Crippen molar-refractivity contribution in [3.8, 4) is 0 Å². The van der Waals surface area contributed by atoms with E-state index in [1.807, 2.05) is 13.2 Å². The number of hydrogen-bond acceptors (Lipinski definition) is 3. The maximum atomic E-state index is 5.76. The molecule has 0 radical (unpaired) electrons. The zero-order chi connectivity index (χ0) is 9.26. The highest BCUT2D eigenvalue weighted by Gasteiger charge is 2.22. The highest BCUT2D eigenvalue weighted by molar-refractivity contribution is 7.15. The van der Waals surface area contributed by atoms with Crippen LogP contribution in [0.1, 0.15) is 23.8 Å². The topological polar surface area (TPSA) is 37.3 Å². The van der Waals surface area contributed by atoms with E-state index in [0.29, 0.717) is 10.5 Å². The molecule has 70 valence electrons. The average Bonchev–Trinajstić information content (AvgIpc) is 2.71. The fourth-order valence-corrected chi connectivity index (χ4v) is 2.48. The van der Waals surface area contributed by atoms with Gasteiger partial charge in [-0.1, -0.05) is 11.6 Å². The number of amidine groups is 1. The van der Waals surface area contributed by atoms with Gasteiger partial charge in [0.1, 0.15) is 0 Å². The molecule has 0 saturated carbocycles.